The van der Waals surface area contributed by atoms with Gasteiger partial charge in [-0.2, -0.15) is 0 Å². The normalized spacial score (nSPS) is 10.6. The van der Waals surface area contributed by atoms with Gasteiger partial charge >= 0.3 is 59.1 Å². The Kier molecular flexibility index (Phi) is 67.1. The molecule has 0 aromatic rings. The van der Waals surface area contributed by atoms with Gasteiger partial charge in [-0.05, 0) is 0 Å². The van der Waals surface area contributed by atoms with Gasteiger partial charge in [-0.1, -0.05) is 112 Å². The monoisotopic (exact) mass is 726 g/mol. The topological polar surface area (TPSA) is 102 Å². The van der Waals surface area contributed by atoms with E-state index in [0.717, 1.165) is 0 Å². The van der Waals surface area contributed by atoms with Crippen molar-refractivity contribution in [2.45, 2.75) is 78.6 Å². The molecule has 0 aliphatic carbocycles. The molecule has 0 N–H and O–H groups in total. The molecule has 0 aromatic heterocycles. The summed E-state index contributed by atoms with van der Waals surface area (Å²) in [5.74, 6) is 0. The molecule has 0 bridgehead atoms. The van der Waals surface area contributed by atoms with Gasteiger partial charge in [0.25, 0.3) is 0 Å². The van der Waals surface area contributed by atoms with Crippen LogP contribution in [-0.2, 0) is 37.9 Å². The smallest absolute Gasteiger partial charge is 0.668 e. The molecule has 0 aliphatic rings. The first-order valence-electron chi connectivity index (χ1n) is 14.5. The Morgan fingerprint density at radius 2 is 0.364 bits per heavy atom. The summed E-state index contributed by atoms with van der Waals surface area (Å²) in [4.78, 5) is 0. The van der Waals surface area contributed by atoms with Crippen LogP contribution in [0.5, 0.6) is 0 Å². The Labute approximate surface area is 324 Å². The van der Waals surface area contributed by atoms with Crippen LogP contribution in [0.25, 0.3) is 9.30 Å². The van der Waals surface area contributed by atoms with Crippen molar-refractivity contribution in [3.8, 4) is 0 Å². The molecule has 0 saturated heterocycles. The fourth-order valence-electron chi connectivity index (χ4n) is 2.68. The van der Waals surface area contributed by atoms with Gasteiger partial charge in [-0.15, -0.1) is 0 Å². The van der Waals surface area contributed by atoms with E-state index in [1.54, 1.807) is 56.9 Å². The van der Waals surface area contributed by atoms with E-state index < -0.39 is 32.9 Å². The van der Waals surface area contributed by atoms with Gasteiger partial charge in [-0.25, -0.2) is 0 Å². The van der Waals surface area contributed by atoms with E-state index >= 15 is 0 Å². The van der Waals surface area contributed by atoms with Crippen molar-refractivity contribution in [2.24, 2.45) is 0 Å². The second-order valence-electron chi connectivity index (χ2n) is 12.8. The van der Waals surface area contributed by atoms with Crippen LogP contribution >= 0.6 is 0 Å². The molecular formula is C28H76N2Na2O8Si4. The SMILES string of the molecule is COCCOC.COCCOC.COCCOC.COCCOC.C[Si](C)(C)[N-][Si](C)(C)C.C[Si](C)(C)[N-][Si](C)(C)C.[Na+].[Na+]. The third-order valence-electron chi connectivity index (χ3n) is 3.31. The van der Waals surface area contributed by atoms with Gasteiger partial charge in [0, 0.05) is 56.9 Å². The van der Waals surface area contributed by atoms with Crippen LogP contribution in [0.3, 0.4) is 0 Å². The summed E-state index contributed by atoms with van der Waals surface area (Å²) in [6.45, 7) is 33.1. The molecule has 44 heavy (non-hydrogen) atoms. The van der Waals surface area contributed by atoms with Crippen molar-refractivity contribution in [3.63, 3.8) is 0 Å². The molecule has 0 amide bonds. The summed E-state index contributed by atoms with van der Waals surface area (Å²) < 4.78 is 46.9. The largest absolute Gasteiger partial charge is 1.00 e. The number of methoxy groups -OCH3 is 8. The summed E-state index contributed by atoms with van der Waals surface area (Å²) in [5, 5.41) is 0. The van der Waals surface area contributed by atoms with Crippen LogP contribution in [0.4, 0.5) is 0 Å². The van der Waals surface area contributed by atoms with Crippen LogP contribution < -0.4 is 59.1 Å². The van der Waals surface area contributed by atoms with E-state index in [1.807, 2.05) is 0 Å². The first-order valence-corrected chi connectivity index (χ1v) is 28.3. The number of hydrogen-bond donors (Lipinski definition) is 0. The van der Waals surface area contributed by atoms with Gasteiger partial charge in [0.1, 0.15) is 0 Å². The standard InChI is InChI=1S/2C6H18NSi2.4C4H10O2.2Na/c2*1-8(2,3)7-9(4,5)6;4*1-5-3-4-6-2;;/h2*1-6H3;4*3-4H2,1-2H3;;/q2*-1;;;;;2*+1. The second kappa shape index (κ2) is 45.5. The van der Waals surface area contributed by atoms with Crippen molar-refractivity contribution in [1.82, 2.24) is 0 Å². The molecule has 0 radical (unpaired) electrons. The van der Waals surface area contributed by atoms with Crippen molar-refractivity contribution >= 4 is 32.9 Å². The number of nitrogens with zero attached hydrogens (tertiary/aromatic N) is 2. The molecule has 0 atom stereocenters. The Morgan fingerprint density at radius 3 is 0.386 bits per heavy atom. The van der Waals surface area contributed by atoms with Crippen LogP contribution in [0, 0.1) is 0 Å². The Hall–Kier alpha value is 2.47. The summed E-state index contributed by atoms with van der Waals surface area (Å²) >= 11 is 0. The molecule has 0 fully saturated rings. The van der Waals surface area contributed by atoms with Crippen LogP contribution in [0.2, 0.25) is 78.6 Å². The van der Waals surface area contributed by atoms with Crippen molar-refractivity contribution in [1.29, 1.82) is 0 Å². The number of hydrogen-bond acceptors (Lipinski definition) is 8. The zero-order valence-corrected chi connectivity index (χ0v) is 41.8. The van der Waals surface area contributed by atoms with Crippen LogP contribution in [0.1, 0.15) is 0 Å². The van der Waals surface area contributed by atoms with Gasteiger partial charge in [0.15, 0.2) is 0 Å². The summed E-state index contributed by atoms with van der Waals surface area (Å²) in [6.07, 6.45) is 0. The minimum atomic E-state index is -1.11. The number of ether oxygens (including phenoxy) is 8. The zero-order chi connectivity index (χ0) is 34.7. The minimum absolute atomic E-state index is 0. The second-order valence-corrected chi connectivity index (χ2v) is 32.0. The van der Waals surface area contributed by atoms with Crippen LogP contribution in [-0.4, -0.2) is 143 Å². The van der Waals surface area contributed by atoms with E-state index in [1.165, 1.54) is 0 Å². The summed E-state index contributed by atoms with van der Waals surface area (Å²) in [6, 6.07) is 0. The van der Waals surface area contributed by atoms with E-state index in [9.17, 15) is 0 Å². The summed E-state index contributed by atoms with van der Waals surface area (Å²) in [5.41, 5.74) is 0. The van der Waals surface area contributed by atoms with E-state index in [2.05, 4.69) is 116 Å². The molecule has 0 aliphatic heterocycles. The van der Waals surface area contributed by atoms with Crippen molar-refractivity contribution in [3.05, 3.63) is 9.30 Å². The molecule has 16 heteroatoms. The molecule has 264 valence electrons. The fourth-order valence-corrected chi connectivity index (χ4v) is 18.8. The van der Waals surface area contributed by atoms with Crippen molar-refractivity contribution in [2.75, 3.05) is 110 Å². The first kappa shape index (κ1) is 64.9. The fraction of sp³-hybridized carbons (Fsp3) is 1.00. The van der Waals surface area contributed by atoms with Gasteiger partial charge in [0.05, 0.1) is 52.9 Å². The molecular weight excluding hydrogens is 651 g/mol. The van der Waals surface area contributed by atoms with E-state index in [4.69, 9.17) is 9.30 Å². The maximum atomic E-state index is 4.82. The Morgan fingerprint density at radius 1 is 0.273 bits per heavy atom. The minimum Gasteiger partial charge on any atom is -0.668 e. The van der Waals surface area contributed by atoms with Crippen LogP contribution in [0.15, 0.2) is 0 Å². The quantitative estimate of drug-likeness (QED) is 0.173. The van der Waals surface area contributed by atoms with Gasteiger partial charge in [-0.3, -0.25) is 0 Å². The third kappa shape index (κ3) is 120. The molecule has 0 spiro atoms. The first-order chi connectivity index (χ1) is 19.1. The third-order valence-corrected chi connectivity index (χ3v) is 14.0. The van der Waals surface area contributed by atoms with E-state index in [-0.39, 0.29) is 59.1 Å². The molecule has 10 nitrogen and oxygen atoms in total. The molecule has 0 aromatic carbocycles. The predicted octanol–water partition coefficient (Wildman–Crippen LogP) is 1.18. The maximum absolute atomic E-state index is 4.82. The maximum Gasteiger partial charge on any atom is 1.00 e. The zero-order valence-electron chi connectivity index (χ0n) is 33.8. The average Bonchev–Trinajstić information content (AvgIpc) is 2.81. The van der Waals surface area contributed by atoms with Gasteiger partial charge in [0.2, 0.25) is 0 Å². The Bertz CT molecular complexity index is 387. The Balaban J connectivity index is -0.0000000590. The molecule has 0 unspecified atom stereocenters. The van der Waals surface area contributed by atoms with E-state index in [0.29, 0.717) is 52.9 Å². The molecule has 0 rings (SSSR count). The number of rotatable bonds is 16. The molecule has 0 saturated carbocycles. The average molecular weight is 727 g/mol. The summed E-state index contributed by atoms with van der Waals surface area (Å²) in [7, 11) is 8.79. The van der Waals surface area contributed by atoms with Gasteiger partial charge < -0.3 is 47.2 Å². The van der Waals surface area contributed by atoms with Crippen molar-refractivity contribution < 1.29 is 97.0 Å². The molecule has 0 heterocycles. The predicted molar refractivity (Wildman–Crippen MR) is 195 cm³/mol.